The molecule has 2 bridgehead atoms. The Labute approximate surface area is 71.9 Å². The molecule has 0 unspecified atom stereocenters. The Morgan fingerprint density at radius 1 is 1.25 bits per heavy atom. The molecule has 1 saturated heterocycles. The molecule has 0 aromatic rings. The fourth-order valence-corrected chi connectivity index (χ4v) is 4.95. The second-order valence-corrected chi connectivity index (χ2v) is 5.89. The van der Waals surface area contributed by atoms with E-state index in [4.69, 9.17) is 0 Å². The quantitative estimate of drug-likeness (QED) is 0.544. The number of hydrogen-bond donors (Lipinski definition) is 1. The highest BCUT2D eigenvalue weighted by Crippen LogP contribution is 2.48. The minimum Gasteiger partial charge on any atom is -0.215 e. The Bertz CT molecular complexity index is 346. The zero-order valence-electron chi connectivity index (χ0n) is 6.60. The first-order valence-corrected chi connectivity index (χ1v) is 5.90. The van der Waals surface area contributed by atoms with Crippen LogP contribution in [-0.4, -0.2) is 20.2 Å². The van der Waals surface area contributed by atoms with E-state index in [1.165, 1.54) is 0 Å². The topological polar surface area (TPSA) is 46.2 Å². The minimum absolute atomic E-state index is 0.104. The lowest BCUT2D eigenvalue weighted by molar-refractivity contribution is 0.478. The highest BCUT2D eigenvalue weighted by Gasteiger charge is 2.54. The van der Waals surface area contributed by atoms with E-state index in [0.717, 1.165) is 6.42 Å². The summed E-state index contributed by atoms with van der Waals surface area (Å²) in [6, 6.07) is 0. The molecule has 0 aromatic carbocycles. The summed E-state index contributed by atoms with van der Waals surface area (Å²) in [6.07, 6.45) is 5.33. The molecule has 66 valence electrons. The van der Waals surface area contributed by atoms with Gasteiger partial charge in [-0.25, -0.2) is 13.1 Å². The summed E-state index contributed by atoms with van der Waals surface area (Å²) in [5.41, 5.74) is 0. The fraction of sp³-hybridized carbons (Fsp3) is 0.750. The van der Waals surface area contributed by atoms with E-state index >= 15 is 0 Å². The van der Waals surface area contributed by atoms with Crippen molar-refractivity contribution in [2.45, 2.75) is 11.7 Å². The van der Waals surface area contributed by atoms with Gasteiger partial charge in [0.15, 0.2) is 0 Å². The molecule has 4 atom stereocenters. The van der Waals surface area contributed by atoms with Gasteiger partial charge in [-0.3, -0.25) is 0 Å². The number of sulfonamides is 1. The monoisotopic (exact) mass is 185 g/mol. The van der Waals surface area contributed by atoms with Crippen LogP contribution in [0, 0.1) is 17.8 Å². The van der Waals surface area contributed by atoms with Gasteiger partial charge < -0.3 is 0 Å². The van der Waals surface area contributed by atoms with Gasteiger partial charge in [0.05, 0.1) is 5.25 Å². The second kappa shape index (κ2) is 1.93. The number of hydrogen-bond acceptors (Lipinski definition) is 2. The molecular formula is C8H11NO2S. The number of fused-ring (bicyclic) bond motifs is 5. The largest absolute Gasteiger partial charge is 0.215 e. The van der Waals surface area contributed by atoms with E-state index in [1.807, 2.05) is 0 Å². The molecule has 3 aliphatic rings. The van der Waals surface area contributed by atoms with Crippen molar-refractivity contribution < 1.29 is 8.42 Å². The van der Waals surface area contributed by atoms with Crippen LogP contribution in [0.5, 0.6) is 0 Å². The maximum Gasteiger partial charge on any atom is 0.215 e. The molecule has 1 heterocycles. The van der Waals surface area contributed by atoms with Gasteiger partial charge in [-0.2, -0.15) is 0 Å². The minimum atomic E-state index is -2.96. The summed E-state index contributed by atoms with van der Waals surface area (Å²) in [5, 5.41) is -0.104. The SMILES string of the molecule is O=S1(=O)NC[C@@H]2[C@H]1[C@@H]1C=C[C@H]2C1. The van der Waals surface area contributed by atoms with Gasteiger partial charge in [-0.1, -0.05) is 12.2 Å². The zero-order chi connectivity index (χ0) is 8.34. The third-order valence-corrected chi connectivity index (χ3v) is 5.41. The van der Waals surface area contributed by atoms with Crippen LogP contribution in [0.4, 0.5) is 0 Å². The first kappa shape index (κ1) is 7.09. The van der Waals surface area contributed by atoms with Crippen molar-refractivity contribution in [2.75, 3.05) is 6.54 Å². The van der Waals surface area contributed by atoms with E-state index in [0.29, 0.717) is 24.3 Å². The summed E-state index contributed by atoms with van der Waals surface area (Å²) in [6.45, 7) is 0.665. The van der Waals surface area contributed by atoms with Crippen molar-refractivity contribution in [3.63, 3.8) is 0 Å². The van der Waals surface area contributed by atoms with Gasteiger partial charge in [-0.15, -0.1) is 0 Å². The van der Waals surface area contributed by atoms with Gasteiger partial charge in [-0.05, 0) is 24.2 Å². The molecule has 1 saturated carbocycles. The summed E-state index contributed by atoms with van der Waals surface area (Å²) in [4.78, 5) is 0. The van der Waals surface area contributed by atoms with Gasteiger partial charge in [0.1, 0.15) is 0 Å². The first-order valence-electron chi connectivity index (χ1n) is 4.35. The van der Waals surface area contributed by atoms with Crippen molar-refractivity contribution in [2.24, 2.45) is 17.8 Å². The van der Waals surface area contributed by atoms with Gasteiger partial charge >= 0.3 is 0 Å². The average molecular weight is 185 g/mol. The Hall–Kier alpha value is -0.350. The van der Waals surface area contributed by atoms with Crippen LogP contribution in [-0.2, 0) is 10.0 Å². The molecule has 0 aromatic heterocycles. The van der Waals surface area contributed by atoms with Gasteiger partial charge in [0.2, 0.25) is 10.0 Å². The molecule has 12 heavy (non-hydrogen) atoms. The van der Waals surface area contributed by atoms with Crippen molar-refractivity contribution in [1.82, 2.24) is 4.72 Å². The van der Waals surface area contributed by atoms with Crippen molar-refractivity contribution in [3.8, 4) is 0 Å². The second-order valence-electron chi connectivity index (χ2n) is 3.97. The van der Waals surface area contributed by atoms with Gasteiger partial charge in [0.25, 0.3) is 0 Å². The molecule has 0 amide bonds. The third-order valence-electron chi connectivity index (χ3n) is 3.42. The molecule has 0 radical (unpaired) electrons. The standard InChI is InChI=1S/C8H11NO2S/c10-12(11)8-6-2-1-5(3-6)7(8)4-9-12/h1-2,5-9H,3-4H2/t5-,6+,7-,8+/m0/s1. The predicted molar refractivity (Wildman–Crippen MR) is 44.9 cm³/mol. The van der Waals surface area contributed by atoms with E-state index in [-0.39, 0.29) is 5.25 Å². The van der Waals surface area contributed by atoms with Crippen LogP contribution in [0.25, 0.3) is 0 Å². The highest BCUT2D eigenvalue weighted by atomic mass is 32.2. The number of rotatable bonds is 0. The van der Waals surface area contributed by atoms with Crippen LogP contribution in [0.1, 0.15) is 6.42 Å². The fourth-order valence-electron chi connectivity index (χ4n) is 2.92. The van der Waals surface area contributed by atoms with E-state index < -0.39 is 10.0 Å². The predicted octanol–water partition coefficient (Wildman–Crippen LogP) is 0.110. The zero-order valence-corrected chi connectivity index (χ0v) is 7.42. The summed E-state index contributed by atoms with van der Waals surface area (Å²) >= 11 is 0. The van der Waals surface area contributed by atoms with Crippen LogP contribution in [0.2, 0.25) is 0 Å². The van der Waals surface area contributed by atoms with Crippen LogP contribution >= 0.6 is 0 Å². The smallest absolute Gasteiger partial charge is 0.215 e. The molecule has 0 spiro atoms. The lowest BCUT2D eigenvalue weighted by Gasteiger charge is -2.16. The third kappa shape index (κ3) is 0.677. The Kier molecular flexibility index (Phi) is 1.14. The molecule has 2 aliphatic carbocycles. The van der Waals surface area contributed by atoms with E-state index in [9.17, 15) is 8.42 Å². The average Bonchev–Trinajstić information content (AvgIpc) is 2.61. The maximum atomic E-state index is 11.5. The van der Waals surface area contributed by atoms with Crippen LogP contribution in [0.3, 0.4) is 0 Å². The summed E-state index contributed by atoms with van der Waals surface area (Å²) < 4.78 is 25.6. The number of allylic oxidation sites excluding steroid dienone is 2. The maximum absolute atomic E-state index is 11.5. The Morgan fingerprint density at radius 3 is 2.75 bits per heavy atom. The Morgan fingerprint density at radius 2 is 2.00 bits per heavy atom. The van der Waals surface area contributed by atoms with Crippen molar-refractivity contribution >= 4 is 10.0 Å². The molecule has 1 aliphatic heterocycles. The molecule has 2 fully saturated rings. The Balaban J connectivity index is 2.11. The highest BCUT2D eigenvalue weighted by molar-refractivity contribution is 7.90. The normalized spacial score (nSPS) is 53.0. The lowest BCUT2D eigenvalue weighted by Crippen LogP contribution is -2.28. The molecule has 3 nitrogen and oxygen atoms in total. The van der Waals surface area contributed by atoms with E-state index in [2.05, 4.69) is 16.9 Å². The number of nitrogens with one attached hydrogen (secondary N) is 1. The molecule has 4 heteroatoms. The van der Waals surface area contributed by atoms with Crippen molar-refractivity contribution in [1.29, 1.82) is 0 Å². The van der Waals surface area contributed by atoms with Crippen LogP contribution in [0.15, 0.2) is 12.2 Å². The summed E-state index contributed by atoms with van der Waals surface area (Å²) in [7, 11) is -2.96. The van der Waals surface area contributed by atoms with Crippen molar-refractivity contribution in [3.05, 3.63) is 12.2 Å². The molecule has 1 N–H and O–H groups in total. The van der Waals surface area contributed by atoms with Crippen LogP contribution < -0.4 is 4.72 Å². The molecule has 3 rings (SSSR count). The lowest BCUT2D eigenvalue weighted by atomic mass is 9.94. The summed E-state index contributed by atoms with van der Waals surface area (Å²) in [5.74, 6) is 1.20. The van der Waals surface area contributed by atoms with E-state index in [1.54, 1.807) is 0 Å². The van der Waals surface area contributed by atoms with Gasteiger partial charge in [0, 0.05) is 6.54 Å². The molecular weight excluding hydrogens is 174 g/mol. The first-order chi connectivity index (χ1) is 5.68.